The Morgan fingerprint density at radius 1 is 1.23 bits per heavy atom. The van der Waals surface area contributed by atoms with Gasteiger partial charge in [-0.3, -0.25) is 0 Å². The largest absolute Gasteiger partial charge is 0.479 e. The van der Waals surface area contributed by atoms with Gasteiger partial charge >= 0.3 is 12.1 Å². The lowest BCUT2D eigenvalue weighted by atomic mass is 9.66. The molecule has 0 aliphatic carbocycles. The van der Waals surface area contributed by atoms with Crippen molar-refractivity contribution in [3.63, 3.8) is 0 Å². The lowest BCUT2D eigenvalue weighted by Crippen LogP contribution is -2.64. The number of alkyl carbamates (subject to hydrolysis) is 1. The zero-order chi connectivity index (χ0) is 18.6. The first-order valence-electron chi connectivity index (χ1n) is 9.03. The van der Waals surface area contributed by atoms with E-state index in [1.54, 1.807) is 24.3 Å². The normalized spacial score (nSPS) is 26.7. The molecule has 4 rings (SSSR count). The number of hydrogen-bond acceptors (Lipinski definition) is 5. The van der Waals surface area contributed by atoms with Crippen LogP contribution >= 0.6 is 0 Å². The SMILES string of the molecule is COCCOC(=O)N[C@@](C(=O)O)(c1ccccc1)C1CN2CCC1CC2. The van der Waals surface area contributed by atoms with Crippen LogP contribution in [-0.2, 0) is 19.8 Å². The fourth-order valence-corrected chi connectivity index (χ4v) is 4.29. The Kier molecular flexibility index (Phi) is 5.78. The van der Waals surface area contributed by atoms with Crippen LogP contribution in [0.3, 0.4) is 0 Å². The number of nitrogens with zero attached hydrogens (tertiary/aromatic N) is 1. The summed E-state index contributed by atoms with van der Waals surface area (Å²) in [4.78, 5) is 27.2. The number of carbonyl (C=O) groups excluding carboxylic acids is 1. The molecular formula is C19H26N2O5. The van der Waals surface area contributed by atoms with E-state index in [0.29, 0.717) is 12.1 Å². The van der Waals surface area contributed by atoms with Gasteiger partial charge in [-0.1, -0.05) is 30.3 Å². The average molecular weight is 362 g/mol. The second-order valence-electron chi connectivity index (χ2n) is 6.98. The molecule has 3 saturated heterocycles. The summed E-state index contributed by atoms with van der Waals surface area (Å²) in [5.41, 5.74) is -0.926. The van der Waals surface area contributed by atoms with Gasteiger partial charge in [0.05, 0.1) is 6.61 Å². The molecular weight excluding hydrogens is 336 g/mol. The number of benzene rings is 1. The van der Waals surface area contributed by atoms with Crippen LogP contribution in [0.4, 0.5) is 4.79 Å². The molecule has 3 fully saturated rings. The topological polar surface area (TPSA) is 88.1 Å². The first kappa shape index (κ1) is 18.7. The van der Waals surface area contributed by atoms with Gasteiger partial charge in [0.1, 0.15) is 6.61 Å². The molecule has 2 bridgehead atoms. The van der Waals surface area contributed by atoms with Gasteiger partial charge < -0.3 is 24.8 Å². The number of amides is 1. The van der Waals surface area contributed by atoms with Crippen LogP contribution in [-0.4, -0.2) is 62.0 Å². The number of methoxy groups -OCH3 is 1. The maximum atomic E-state index is 12.5. The summed E-state index contributed by atoms with van der Waals surface area (Å²) in [6, 6.07) is 8.96. The summed E-state index contributed by atoms with van der Waals surface area (Å²) in [5, 5.41) is 13.0. The Balaban J connectivity index is 1.94. The second-order valence-corrected chi connectivity index (χ2v) is 6.98. The van der Waals surface area contributed by atoms with Crippen molar-refractivity contribution in [3.05, 3.63) is 35.9 Å². The molecule has 3 aliphatic rings. The first-order valence-corrected chi connectivity index (χ1v) is 9.03. The average Bonchev–Trinajstić information content (AvgIpc) is 2.67. The summed E-state index contributed by atoms with van der Waals surface area (Å²) in [6.07, 6.45) is 1.17. The number of carboxylic acid groups (broad SMARTS) is 1. The third-order valence-electron chi connectivity index (χ3n) is 5.60. The molecule has 3 heterocycles. The summed E-state index contributed by atoms with van der Waals surface area (Å²) in [6.45, 7) is 2.98. The minimum absolute atomic E-state index is 0.0764. The van der Waals surface area contributed by atoms with Crippen molar-refractivity contribution in [2.75, 3.05) is 40.0 Å². The van der Waals surface area contributed by atoms with Crippen molar-refractivity contribution in [1.82, 2.24) is 10.2 Å². The Morgan fingerprint density at radius 2 is 1.92 bits per heavy atom. The molecule has 0 saturated carbocycles. The van der Waals surface area contributed by atoms with Crippen LogP contribution in [0.1, 0.15) is 18.4 Å². The van der Waals surface area contributed by atoms with E-state index < -0.39 is 17.6 Å². The van der Waals surface area contributed by atoms with Crippen molar-refractivity contribution < 1.29 is 24.2 Å². The minimum atomic E-state index is -1.50. The van der Waals surface area contributed by atoms with Crippen molar-refractivity contribution in [2.45, 2.75) is 18.4 Å². The van der Waals surface area contributed by atoms with E-state index in [2.05, 4.69) is 10.2 Å². The molecule has 2 atom stereocenters. The molecule has 0 spiro atoms. The zero-order valence-electron chi connectivity index (χ0n) is 15.0. The van der Waals surface area contributed by atoms with Crippen LogP contribution in [0.15, 0.2) is 30.3 Å². The highest BCUT2D eigenvalue weighted by molar-refractivity contribution is 5.86. The number of piperidine rings is 3. The molecule has 2 N–H and O–H groups in total. The zero-order valence-corrected chi connectivity index (χ0v) is 15.0. The monoisotopic (exact) mass is 362 g/mol. The third-order valence-corrected chi connectivity index (χ3v) is 5.60. The van der Waals surface area contributed by atoms with E-state index in [4.69, 9.17) is 9.47 Å². The van der Waals surface area contributed by atoms with E-state index in [-0.39, 0.29) is 25.0 Å². The molecule has 7 heteroatoms. The second kappa shape index (κ2) is 8.05. The Labute approximate surface area is 153 Å². The first-order chi connectivity index (χ1) is 12.6. The number of hydrogen-bond donors (Lipinski definition) is 2. The molecule has 1 amide bonds. The highest BCUT2D eigenvalue weighted by Gasteiger charge is 2.54. The van der Waals surface area contributed by atoms with E-state index >= 15 is 0 Å². The van der Waals surface area contributed by atoms with E-state index in [0.717, 1.165) is 25.9 Å². The predicted molar refractivity (Wildman–Crippen MR) is 94.8 cm³/mol. The maximum Gasteiger partial charge on any atom is 0.408 e. The van der Waals surface area contributed by atoms with Crippen molar-refractivity contribution in [3.8, 4) is 0 Å². The van der Waals surface area contributed by atoms with E-state index in [1.165, 1.54) is 7.11 Å². The van der Waals surface area contributed by atoms with Crippen LogP contribution < -0.4 is 5.32 Å². The number of fused-ring (bicyclic) bond motifs is 3. The molecule has 0 aromatic heterocycles. The Hall–Kier alpha value is -2.12. The van der Waals surface area contributed by atoms with E-state index in [9.17, 15) is 14.7 Å². The van der Waals surface area contributed by atoms with Gasteiger partial charge in [0.15, 0.2) is 5.54 Å². The fourth-order valence-electron chi connectivity index (χ4n) is 4.29. The summed E-state index contributed by atoms with van der Waals surface area (Å²) < 4.78 is 10.0. The van der Waals surface area contributed by atoms with E-state index in [1.807, 2.05) is 6.07 Å². The third kappa shape index (κ3) is 3.54. The lowest BCUT2D eigenvalue weighted by Gasteiger charge is -2.51. The fraction of sp³-hybridized carbons (Fsp3) is 0.579. The molecule has 142 valence electrons. The Bertz CT molecular complexity index is 630. The number of ether oxygens (including phenoxy) is 2. The van der Waals surface area contributed by atoms with Gasteiger partial charge in [0.2, 0.25) is 0 Å². The van der Waals surface area contributed by atoms with Gasteiger partial charge in [-0.05, 0) is 37.4 Å². The number of nitrogens with one attached hydrogen (secondary N) is 1. The summed E-state index contributed by atoms with van der Waals surface area (Å²) in [5.74, 6) is -0.999. The molecule has 1 aromatic carbocycles. The minimum Gasteiger partial charge on any atom is -0.479 e. The molecule has 26 heavy (non-hydrogen) atoms. The predicted octanol–water partition coefficient (Wildman–Crippen LogP) is 1.68. The Morgan fingerprint density at radius 3 is 2.46 bits per heavy atom. The molecule has 1 aromatic rings. The maximum absolute atomic E-state index is 12.5. The van der Waals surface area contributed by atoms with Crippen LogP contribution in [0.5, 0.6) is 0 Å². The van der Waals surface area contributed by atoms with Gasteiger partial charge in [-0.25, -0.2) is 9.59 Å². The molecule has 7 nitrogen and oxygen atoms in total. The van der Waals surface area contributed by atoms with Gasteiger partial charge in [-0.15, -0.1) is 0 Å². The smallest absolute Gasteiger partial charge is 0.408 e. The molecule has 3 aliphatic heterocycles. The lowest BCUT2D eigenvalue weighted by molar-refractivity contribution is -0.152. The van der Waals surface area contributed by atoms with Gasteiger partial charge in [0.25, 0.3) is 0 Å². The highest BCUT2D eigenvalue weighted by atomic mass is 16.6. The number of carboxylic acids is 1. The summed E-state index contributed by atoms with van der Waals surface area (Å²) >= 11 is 0. The standard InChI is InChI=1S/C19H26N2O5/c1-25-11-12-26-18(24)20-19(17(22)23,15-5-3-2-4-6-15)16-13-21-9-7-14(16)8-10-21/h2-6,14,16H,7-13H2,1H3,(H,20,24)(H,22,23)/t16?,19-/m0/s1. The van der Waals surface area contributed by atoms with Crippen molar-refractivity contribution in [1.29, 1.82) is 0 Å². The van der Waals surface area contributed by atoms with Crippen molar-refractivity contribution in [2.24, 2.45) is 11.8 Å². The van der Waals surface area contributed by atoms with Crippen LogP contribution in [0.25, 0.3) is 0 Å². The van der Waals surface area contributed by atoms with Crippen molar-refractivity contribution >= 4 is 12.1 Å². The quantitative estimate of drug-likeness (QED) is 0.718. The van der Waals surface area contributed by atoms with Crippen LogP contribution in [0.2, 0.25) is 0 Å². The molecule has 1 unspecified atom stereocenters. The van der Waals surface area contributed by atoms with Gasteiger partial charge in [-0.2, -0.15) is 0 Å². The van der Waals surface area contributed by atoms with Gasteiger partial charge in [0, 0.05) is 19.6 Å². The molecule has 0 radical (unpaired) electrons. The number of aliphatic carboxylic acids is 1. The van der Waals surface area contributed by atoms with Crippen LogP contribution in [0, 0.1) is 11.8 Å². The number of carbonyl (C=O) groups is 2. The number of rotatable bonds is 7. The summed E-state index contributed by atoms with van der Waals surface area (Å²) in [7, 11) is 1.51. The highest BCUT2D eigenvalue weighted by Crippen LogP contribution is 2.43.